The molecule has 3 aromatic rings. The van der Waals surface area contributed by atoms with Crippen molar-refractivity contribution in [1.82, 2.24) is 25.0 Å². The van der Waals surface area contributed by atoms with E-state index in [1.54, 1.807) is 32.2 Å². The van der Waals surface area contributed by atoms with E-state index >= 15 is 0 Å². The Kier molecular flexibility index (Phi) is 4.83. The van der Waals surface area contributed by atoms with Gasteiger partial charge >= 0.3 is 0 Å². The Labute approximate surface area is 150 Å². The number of hydrogen-bond donors (Lipinski definition) is 1. The normalized spacial score (nSPS) is 12.5. The van der Waals surface area contributed by atoms with Crippen molar-refractivity contribution in [3.8, 4) is 0 Å². The van der Waals surface area contributed by atoms with Gasteiger partial charge in [-0.25, -0.2) is 4.98 Å². The molecule has 3 rings (SSSR count). The molecule has 8 nitrogen and oxygen atoms in total. The average molecular weight is 355 g/mol. The third-order valence-corrected chi connectivity index (χ3v) is 3.97. The van der Waals surface area contributed by atoms with Crippen LogP contribution in [-0.4, -0.2) is 25.6 Å². The van der Waals surface area contributed by atoms with E-state index < -0.39 is 6.04 Å². The molecule has 0 aliphatic carbocycles. The summed E-state index contributed by atoms with van der Waals surface area (Å²) >= 11 is 0. The van der Waals surface area contributed by atoms with Crippen molar-refractivity contribution >= 4 is 16.8 Å². The summed E-state index contributed by atoms with van der Waals surface area (Å²) in [5.41, 5.74) is 0.733. The van der Waals surface area contributed by atoms with Crippen molar-refractivity contribution in [2.75, 3.05) is 0 Å². The third-order valence-electron chi connectivity index (χ3n) is 3.97. The van der Waals surface area contributed by atoms with Crippen LogP contribution in [-0.2, 0) is 13.5 Å². The van der Waals surface area contributed by atoms with Crippen LogP contribution in [0, 0.1) is 5.92 Å². The molecule has 0 bridgehead atoms. The number of hydrogen-bond acceptors (Lipinski definition) is 6. The van der Waals surface area contributed by atoms with Gasteiger partial charge in [-0.05, 0) is 31.0 Å². The van der Waals surface area contributed by atoms with Gasteiger partial charge in [0.2, 0.25) is 5.89 Å². The number of nitrogens with one attached hydrogen (secondary N) is 1. The average Bonchev–Trinajstić information content (AvgIpc) is 3.05. The number of aromatic nitrogens is 4. The zero-order chi connectivity index (χ0) is 18.8. The minimum Gasteiger partial charge on any atom is -0.341 e. The first kappa shape index (κ1) is 17.8. The summed E-state index contributed by atoms with van der Waals surface area (Å²) in [6.45, 7) is 5.92. The van der Waals surface area contributed by atoms with Gasteiger partial charge in [-0.3, -0.25) is 9.59 Å². The number of amides is 1. The molecule has 2 heterocycles. The fourth-order valence-electron chi connectivity index (χ4n) is 2.58. The maximum atomic E-state index is 12.5. The molecule has 0 aliphatic rings. The molecule has 26 heavy (non-hydrogen) atoms. The standard InChI is InChI=1S/C18H21N5O3/c1-10(2)7-15-21-17(26-22-15)11(3)20-16(24)12-5-6-13-14(8-12)19-9-23(4)18(13)25/h5-6,8-11H,7H2,1-4H3,(H,20,24)/t11-/m0/s1. The Morgan fingerprint density at radius 3 is 2.81 bits per heavy atom. The predicted octanol–water partition coefficient (Wildman–Crippen LogP) is 2.01. The Morgan fingerprint density at radius 1 is 1.31 bits per heavy atom. The van der Waals surface area contributed by atoms with E-state index in [1.807, 2.05) is 0 Å². The summed E-state index contributed by atoms with van der Waals surface area (Å²) in [5, 5.41) is 7.22. The minimum absolute atomic E-state index is 0.154. The fraction of sp³-hybridized carbons (Fsp3) is 0.389. The number of carbonyl (C=O) groups is 1. The molecule has 0 unspecified atom stereocenters. The molecule has 0 saturated carbocycles. The van der Waals surface area contributed by atoms with Crippen molar-refractivity contribution in [3.63, 3.8) is 0 Å². The summed E-state index contributed by atoms with van der Waals surface area (Å²) in [4.78, 5) is 33.1. The molecular formula is C18H21N5O3. The predicted molar refractivity (Wildman–Crippen MR) is 95.7 cm³/mol. The molecule has 0 aliphatic heterocycles. The van der Waals surface area contributed by atoms with Crippen LogP contribution >= 0.6 is 0 Å². The van der Waals surface area contributed by atoms with Gasteiger partial charge in [-0.2, -0.15) is 4.98 Å². The second-order valence-electron chi connectivity index (χ2n) is 6.73. The number of carbonyl (C=O) groups excluding carboxylic acids is 1. The van der Waals surface area contributed by atoms with Crippen LogP contribution in [0.3, 0.4) is 0 Å². The number of aryl methyl sites for hydroxylation is 1. The zero-order valence-corrected chi connectivity index (χ0v) is 15.2. The SMILES string of the molecule is CC(C)Cc1noc([C@H](C)NC(=O)c2ccc3c(=O)n(C)cnc3c2)n1. The smallest absolute Gasteiger partial charge is 0.260 e. The number of benzene rings is 1. The summed E-state index contributed by atoms with van der Waals surface area (Å²) in [6, 6.07) is 4.38. The van der Waals surface area contributed by atoms with Crippen molar-refractivity contribution in [2.45, 2.75) is 33.2 Å². The van der Waals surface area contributed by atoms with E-state index in [0.29, 0.717) is 34.1 Å². The van der Waals surface area contributed by atoms with Crippen LogP contribution in [0.15, 0.2) is 33.8 Å². The second kappa shape index (κ2) is 7.07. The third kappa shape index (κ3) is 3.63. The quantitative estimate of drug-likeness (QED) is 0.751. The second-order valence-corrected chi connectivity index (χ2v) is 6.73. The van der Waals surface area contributed by atoms with E-state index in [9.17, 15) is 9.59 Å². The molecule has 1 amide bonds. The molecule has 1 N–H and O–H groups in total. The highest BCUT2D eigenvalue weighted by Crippen LogP contribution is 2.14. The minimum atomic E-state index is -0.428. The van der Waals surface area contributed by atoms with Crippen LogP contribution in [0.25, 0.3) is 10.9 Å². The Bertz CT molecular complexity index is 1010. The van der Waals surface area contributed by atoms with Crippen molar-refractivity contribution in [1.29, 1.82) is 0 Å². The molecule has 1 atom stereocenters. The summed E-state index contributed by atoms with van der Waals surface area (Å²) in [6.07, 6.45) is 2.15. The van der Waals surface area contributed by atoms with Gasteiger partial charge in [0.15, 0.2) is 5.82 Å². The first-order valence-electron chi connectivity index (χ1n) is 8.44. The van der Waals surface area contributed by atoms with Crippen LogP contribution < -0.4 is 10.9 Å². The molecule has 8 heteroatoms. The van der Waals surface area contributed by atoms with E-state index in [1.165, 1.54) is 10.9 Å². The summed E-state index contributed by atoms with van der Waals surface area (Å²) in [5.74, 6) is 1.11. The van der Waals surface area contributed by atoms with Gasteiger partial charge in [-0.1, -0.05) is 19.0 Å². The van der Waals surface area contributed by atoms with Crippen molar-refractivity contribution < 1.29 is 9.32 Å². The van der Waals surface area contributed by atoms with E-state index in [2.05, 4.69) is 34.3 Å². The maximum Gasteiger partial charge on any atom is 0.260 e. The molecule has 0 radical (unpaired) electrons. The molecule has 2 aromatic heterocycles. The van der Waals surface area contributed by atoms with Gasteiger partial charge in [0, 0.05) is 19.0 Å². The molecule has 0 saturated heterocycles. The lowest BCUT2D eigenvalue weighted by molar-refractivity contribution is 0.0932. The highest BCUT2D eigenvalue weighted by molar-refractivity contribution is 5.97. The Hall–Kier alpha value is -3.03. The zero-order valence-electron chi connectivity index (χ0n) is 15.2. The molecular weight excluding hydrogens is 334 g/mol. The first-order valence-corrected chi connectivity index (χ1v) is 8.44. The molecule has 0 fully saturated rings. The van der Waals surface area contributed by atoms with Gasteiger partial charge in [-0.15, -0.1) is 0 Å². The highest BCUT2D eigenvalue weighted by atomic mass is 16.5. The highest BCUT2D eigenvalue weighted by Gasteiger charge is 2.18. The number of nitrogens with zero attached hydrogens (tertiary/aromatic N) is 4. The van der Waals surface area contributed by atoms with Crippen molar-refractivity contribution in [3.05, 3.63) is 52.2 Å². The summed E-state index contributed by atoms with van der Waals surface area (Å²) < 4.78 is 6.63. The van der Waals surface area contributed by atoms with E-state index in [-0.39, 0.29) is 11.5 Å². The monoisotopic (exact) mass is 355 g/mol. The summed E-state index contributed by atoms with van der Waals surface area (Å²) in [7, 11) is 1.63. The molecule has 1 aromatic carbocycles. The number of rotatable bonds is 5. The van der Waals surface area contributed by atoms with Crippen LogP contribution in [0.1, 0.15) is 48.9 Å². The Balaban J connectivity index is 1.77. The van der Waals surface area contributed by atoms with Gasteiger partial charge in [0.05, 0.1) is 17.2 Å². The van der Waals surface area contributed by atoms with E-state index in [0.717, 1.165) is 6.42 Å². The lowest BCUT2D eigenvalue weighted by atomic mass is 10.1. The molecule has 0 spiro atoms. The van der Waals surface area contributed by atoms with Crippen LogP contribution in [0.2, 0.25) is 0 Å². The topological polar surface area (TPSA) is 103 Å². The number of fused-ring (bicyclic) bond motifs is 1. The fourth-order valence-corrected chi connectivity index (χ4v) is 2.58. The van der Waals surface area contributed by atoms with Gasteiger partial charge in [0.25, 0.3) is 11.5 Å². The molecule has 136 valence electrons. The largest absolute Gasteiger partial charge is 0.341 e. The lowest BCUT2D eigenvalue weighted by Crippen LogP contribution is -2.27. The van der Waals surface area contributed by atoms with Gasteiger partial charge in [0.1, 0.15) is 6.04 Å². The van der Waals surface area contributed by atoms with Gasteiger partial charge < -0.3 is 14.4 Å². The maximum absolute atomic E-state index is 12.5. The van der Waals surface area contributed by atoms with Crippen LogP contribution in [0.4, 0.5) is 0 Å². The van der Waals surface area contributed by atoms with E-state index in [4.69, 9.17) is 4.52 Å². The first-order chi connectivity index (χ1) is 12.3. The Morgan fingerprint density at radius 2 is 2.08 bits per heavy atom. The van der Waals surface area contributed by atoms with Crippen molar-refractivity contribution in [2.24, 2.45) is 13.0 Å². The van der Waals surface area contributed by atoms with Crippen LogP contribution in [0.5, 0.6) is 0 Å². The lowest BCUT2D eigenvalue weighted by Gasteiger charge is -2.10.